The van der Waals surface area contributed by atoms with Gasteiger partial charge >= 0.3 is 5.97 Å². The first kappa shape index (κ1) is 11.2. The summed E-state index contributed by atoms with van der Waals surface area (Å²) in [5, 5.41) is 0. The molecule has 0 heterocycles. The van der Waals surface area contributed by atoms with Crippen molar-refractivity contribution in [3.05, 3.63) is 34.9 Å². The van der Waals surface area contributed by atoms with Gasteiger partial charge in [0.1, 0.15) is 11.6 Å². The van der Waals surface area contributed by atoms with Crippen LogP contribution in [-0.4, -0.2) is 13.1 Å². The van der Waals surface area contributed by atoms with Gasteiger partial charge in [-0.1, -0.05) is 5.92 Å². The molecule has 0 atom stereocenters. The summed E-state index contributed by atoms with van der Waals surface area (Å²) in [6, 6.07) is 1.97. The number of carbonyl (C=O) groups excluding carboxylic acids is 1. The highest BCUT2D eigenvalue weighted by atomic mass is 19.1. The molecule has 4 heteroatoms. The van der Waals surface area contributed by atoms with E-state index in [1.807, 2.05) is 0 Å². The van der Waals surface area contributed by atoms with E-state index < -0.39 is 17.6 Å². The highest BCUT2D eigenvalue weighted by molar-refractivity contribution is 5.89. The molecule has 0 saturated heterocycles. The SMILES string of the molecule is COC(=O)C#Cc1cc(C)c(F)cc1F. The second-order valence-electron chi connectivity index (χ2n) is 2.82. The standard InChI is InChI=1S/C11H8F2O2/c1-7-5-8(3-4-11(14)15-2)10(13)6-9(7)12/h5-6H,1-2H3. The molecule has 1 rings (SSSR count). The molecule has 0 N–H and O–H groups in total. The van der Waals surface area contributed by atoms with Crippen LogP contribution in [0.15, 0.2) is 12.1 Å². The molecule has 15 heavy (non-hydrogen) atoms. The van der Waals surface area contributed by atoms with Crippen LogP contribution in [0.4, 0.5) is 8.78 Å². The highest BCUT2D eigenvalue weighted by Crippen LogP contribution is 2.12. The minimum atomic E-state index is -0.797. The van der Waals surface area contributed by atoms with Gasteiger partial charge in [0.25, 0.3) is 0 Å². The predicted octanol–water partition coefficient (Wildman–Crippen LogP) is 1.80. The molecule has 1 aromatic rings. The Hall–Kier alpha value is -1.89. The van der Waals surface area contributed by atoms with Crippen LogP contribution in [0, 0.1) is 30.4 Å². The van der Waals surface area contributed by atoms with Crippen molar-refractivity contribution in [3.63, 3.8) is 0 Å². The summed E-state index contributed by atoms with van der Waals surface area (Å²) in [6.07, 6.45) is 0. The Morgan fingerprint density at radius 2 is 2.00 bits per heavy atom. The normalized spacial score (nSPS) is 9.07. The number of hydrogen-bond acceptors (Lipinski definition) is 2. The van der Waals surface area contributed by atoms with Crippen LogP contribution in [0.25, 0.3) is 0 Å². The number of methoxy groups -OCH3 is 1. The van der Waals surface area contributed by atoms with Gasteiger partial charge < -0.3 is 4.74 Å². The molecule has 78 valence electrons. The largest absolute Gasteiger partial charge is 0.459 e. The molecule has 1 aromatic carbocycles. The number of carbonyl (C=O) groups is 1. The Labute approximate surface area is 85.9 Å². The lowest BCUT2D eigenvalue weighted by Gasteiger charge is -1.98. The first-order valence-electron chi connectivity index (χ1n) is 4.10. The summed E-state index contributed by atoms with van der Waals surface area (Å²) >= 11 is 0. The molecule has 2 nitrogen and oxygen atoms in total. The molecule has 0 spiro atoms. The monoisotopic (exact) mass is 210 g/mol. The van der Waals surface area contributed by atoms with Crippen LogP contribution >= 0.6 is 0 Å². The fourth-order valence-corrected chi connectivity index (χ4v) is 0.922. The van der Waals surface area contributed by atoms with Crippen molar-refractivity contribution < 1.29 is 18.3 Å². The molecular formula is C11H8F2O2. The average molecular weight is 210 g/mol. The molecule has 0 aliphatic heterocycles. The minimum absolute atomic E-state index is 0.0284. The first-order valence-corrected chi connectivity index (χ1v) is 4.10. The maximum atomic E-state index is 13.1. The van der Waals surface area contributed by atoms with Gasteiger partial charge in [0.2, 0.25) is 0 Å². The number of rotatable bonds is 0. The zero-order chi connectivity index (χ0) is 11.4. The van der Waals surface area contributed by atoms with Crippen LogP contribution < -0.4 is 0 Å². The average Bonchev–Trinajstić information content (AvgIpc) is 2.21. The maximum Gasteiger partial charge on any atom is 0.384 e. The fraction of sp³-hybridized carbons (Fsp3) is 0.182. The second kappa shape index (κ2) is 4.56. The van der Waals surface area contributed by atoms with Crippen molar-refractivity contribution in [2.45, 2.75) is 6.92 Å². The Kier molecular flexibility index (Phi) is 3.40. The van der Waals surface area contributed by atoms with E-state index in [1.54, 1.807) is 0 Å². The summed E-state index contributed by atoms with van der Waals surface area (Å²) in [5.41, 5.74) is 0.241. The van der Waals surface area contributed by atoms with Gasteiger partial charge in [-0.05, 0) is 18.6 Å². The summed E-state index contributed by atoms with van der Waals surface area (Å²) in [4.78, 5) is 10.7. The van der Waals surface area contributed by atoms with Gasteiger partial charge in [-0.3, -0.25) is 0 Å². The van der Waals surface area contributed by atoms with E-state index in [1.165, 1.54) is 20.1 Å². The van der Waals surface area contributed by atoms with E-state index in [4.69, 9.17) is 0 Å². The third-order valence-electron chi connectivity index (χ3n) is 1.73. The van der Waals surface area contributed by atoms with Crippen molar-refractivity contribution >= 4 is 5.97 Å². The van der Waals surface area contributed by atoms with E-state index >= 15 is 0 Å². The van der Waals surface area contributed by atoms with Gasteiger partial charge in [-0.15, -0.1) is 0 Å². The fourth-order valence-electron chi connectivity index (χ4n) is 0.922. The Bertz CT molecular complexity index is 456. The Morgan fingerprint density at radius 1 is 1.33 bits per heavy atom. The minimum Gasteiger partial charge on any atom is -0.459 e. The highest BCUT2D eigenvalue weighted by Gasteiger charge is 2.05. The number of hydrogen-bond donors (Lipinski definition) is 0. The molecule has 0 saturated carbocycles. The van der Waals surface area contributed by atoms with E-state index in [9.17, 15) is 13.6 Å². The molecule has 0 aliphatic rings. The smallest absolute Gasteiger partial charge is 0.384 e. The van der Waals surface area contributed by atoms with Crippen LogP contribution in [0.2, 0.25) is 0 Å². The second-order valence-corrected chi connectivity index (χ2v) is 2.82. The lowest BCUT2D eigenvalue weighted by atomic mass is 10.1. The number of aryl methyl sites for hydroxylation is 1. The van der Waals surface area contributed by atoms with E-state index in [2.05, 4.69) is 16.6 Å². The van der Waals surface area contributed by atoms with Gasteiger partial charge in [0.15, 0.2) is 0 Å². The van der Waals surface area contributed by atoms with Crippen molar-refractivity contribution in [2.24, 2.45) is 0 Å². The molecule has 0 amide bonds. The molecule has 0 aliphatic carbocycles. The van der Waals surface area contributed by atoms with Crippen LogP contribution in [0.3, 0.4) is 0 Å². The van der Waals surface area contributed by atoms with Crippen molar-refractivity contribution in [1.29, 1.82) is 0 Å². The zero-order valence-corrected chi connectivity index (χ0v) is 8.23. The molecule has 0 fully saturated rings. The van der Waals surface area contributed by atoms with Gasteiger partial charge in [-0.25, -0.2) is 13.6 Å². The molecule has 0 aromatic heterocycles. The summed E-state index contributed by atoms with van der Waals surface area (Å²) < 4.78 is 30.2. The van der Waals surface area contributed by atoms with Crippen molar-refractivity contribution in [3.8, 4) is 11.8 Å². The molecule has 0 radical (unpaired) electrons. The maximum absolute atomic E-state index is 13.1. The summed E-state index contributed by atoms with van der Waals surface area (Å²) in [7, 11) is 1.17. The van der Waals surface area contributed by atoms with E-state index in [0.29, 0.717) is 0 Å². The van der Waals surface area contributed by atoms with Crippen molar-refractivity contribution in [2.75, 3.05) is 7.11 Å². The topological polar surface area (TPSA) is 26.3 Å². The molecule has 0 unspecified atom stereocenters. The predicted molar refractivity (Wildman–Crippen MR) is 50.0 cm³/mol. The van der Waals surface area contributed by atoms with Crippen molar-refractivity contribution in [1.82, 2.24) is 0 Å². The van der Waals surface area contributed by atoms with Gasteiger partial charge in [0, 0.05) is 12.0 Å². The third-order valence-corrected chi connectivity index (χ3v) is 1.73. The first-order chi connectivity index (χ1) is 7.04. The van der Waals surface area contributed by atoms with E-state index in [-0.39, 0.29) is 11.1 Å². The zero-order valence-electron chi connectivity index (χ0n) is 8.23. The van der Waals surface area contributed by atoms with Crippen LogP contribution in [0.1, 0.15) is 11.1 Å². The lowest BCUT2D eigenvalue weighted by molar-refractivity contribution is -0.133. The number of ether oxygens (including phenoxy) is 1. The molecule has 0 bridgehead atoms. The van der Waals surface area contributed by atoms with Gasteiger partial charge in [-0.2, -0.15) is 0 Å². The van der Waals surface area contributed by atoms with E-state index in [0.717, 1.165) is 6.07 Å². The Morgan fingerprint density at radius 3 is 2.60 bits per heavy atom. The number of halogens is 2. The quantitative estimate of drug-likeness (QED) is 0.482. The van der Waals surface area contributed by atoms with Crippen LogP contribution in [-0.2, 0) is 9.53 Å². The summed E-state index contributed by atoms with van der Waals surface area (Å²) in [5.74, 6) is 2.12. The Balaban J connectivity index is 3.09. The summed E-state index contributed by atoms with van der Waals surface area (Å²) in [6.45, 7) is 1.48. The third kappa shape index (κ3) is 2.78. The molecular weight excluding hydrogens is 202 g/mol. The van der Waals surface area contributed by atoms with Gasteiger partial charge in [0.05, 0.1) is 12.7 Å². The lowest BCUT2D eigenvalue weighted by Crippen LogP contribution is -1.96. The number of esters is 1. The number of benzene rings is 1. The van der Waals surface area contributed by atoms with Crippen LogP contribution in [0.5, 0.6) is 0 Å².